The highest BCUT2D eigenvalue weighted by Crippen LogP contribution is 2.17. The highest BCUT2D eigenvalue weighted by Gasteiger charge is 2.07. The number of hydrogen-bond acceptors (Lipinski definition) is 2. The van der Waals surface area contributed by atoms with Gasteiger partial charge in [-0.2, -0.15) is 0 Å². The first-order chi connectivity index (χ1) is 9.06. The third-order valence-electron chi connectivity index (χ3n) is 2.91. The molecule has 98 valence electrons. The lowest BCUT2D eigenvalue weighted by atomic mass is 10.1. The third kappa shape index (κ3) is 3.42. The van der Waals surface area contributed by atoms with Crippen LogP contribution >= 0.6 is 0 Å². The molecular weight excluding hydrogens is 238 g/mol. The second-order valence-corrected chi connectivity index (χ2v) is 4.63. The lowest BCUT2D eigenvalue weighted by Gasteiger charge is -2.09. The monoisotopic (exact) mass is 255 g/mol. The lowest BCUT2D eigenvalue weighted by Crippen LogP contribution is -2.12. The topological polar surface area (TPSA) is 49.3 Å². The summed E-state index contributed by atoms with van der Waals surface area (Å²) in [5.41, 5.74) is 3.14. The summed E-state index contributed by atoms with van der Waals surface area (Å²) in [5.74, 6) is -0.147. The molecule has 0 aliphatic heterocycles. The summed E-state index contributed by atoms with van der Waals surface area (Å²) in [5, 5.41) is 12.4. The standard InChI is InChI=1S/C16H17NO2/c1-11-5-3-7-14(9-11)16(19)17-15-8-4-6-13(10-15)12(2)18/h3-10,12,18H,1-2H3,(H,17,19). The Hall–Kier alpha value is -2.13. The molecule has 3 nitrogen and oxygen atoms in total. The molecule has 0 heterocycles. The second-order valence-electron chi connectivity index (χ2n) is 4.63. The third-order valence-corrected chi connectivity index (χ3v) is 2.91. The van der Waals surface area contributed by atoms with Gasteiger partial charge in [0, 0.05) is 11.3 Å². The largest absolute Gasteiger partial charge is 0.389 e. The van der Waals surface area contributed by atoms with Crippen molar-refractivity contribution in [2.45, 2.75) is 20.0 Å². The van der Waals surface area contributed by atoms with Gasteiger partial charge in [-0.3, -0.25) is 4.79 Å². The van der Waals surface area contributed by atoms with E-state index in [1.54, 1.807) is 25.1 Å². The zero-order valence-electron chi connectivity index (χ0n) is 11.1. The molecule has 0 radical (unpaired) electrons. The number of nitrogens with one attached hydrogen (secondary N) is 1. The van der Waals surface area contributed by atoms with Crippen molar-refractivity contribution in [1.82, 2.24) is 0 Å². The number of carbonyl (C=O) groups is 1. The quantitative estimate of drug-likeness (QED) is 0.884. The van der Waals surface area contributed by atoms with E-state index < -0.39 is 6.10 Å². The van der Waals surface area contributed by atoms with Crippen LogP contribution in [0.4, 0.5) is 5.69 Å². The van der Waals surface area contributed by atoms with E-state index >= 15 is 0 Å². The van der Waals surface area contributed by atoms with Crippen molar-refractivity contribution in [2.75, 3.05) is 5.32 Å². The van der Waals surface area contributed by atoms with Crippen LogP contribution < -0.4 is 5.32 Å². The Morgan fingerprint density at radius 1 is 1.16 bits per heavy atom. The first-order valence-corrected chi connectivity index (χ1v) is 6.22. The van der Waals surface area contributed by atoms with E-state index in [0.29, 0.717) is 11.3 Å². The molecule has 1 amide bonds. The average Bonchev–Trinajstić information content (AvgIpc) is 2.39. The number of hydrogen-bond donors (Lipinski definition) is 2. The van der Waals surface area contributed by atoms with Gasteiger partial charge >= 0.3 is 0 Å². The number of aliphatic hydroxyl groups excluding tert-OH is 1. The van der Waals surface area contributed by atoms with Crippen LogP contribution in [0, 0.1) is 6.92 Å². The van der Waals surface area contributed by atoms with Gasteiger partial charge in [-0.05, 0) is 43.7 Å². The smallest absolute Gasteiger partial charge is 0.255 e. The molecule has 0 aliphatic rings. The summed E-state index contributed by atoms with van der Waals surface area (Å²) in [7, 11) is 0. The first-order valence-electron chi connectivity index (χ1n) is 6.22. The van der Waals surface area contributed by atoms with E-state index in [1.807, 2.05) is 37.3 Å². The number of aliphatic hydroxyl groups is 1. The van der Waals surface area contributed by atoms with Gasteiger partial charge in [-0.15, -0.1) is 0 Å². The fourth-order valence-corrected chi connectivity index (χ4v) is 1.87. The molecule has 1 unspecified atom stereocenters. The van der Waals surface area contributed by atoms with Crippen molar-refractivity contribution in [3.05, 3.63) is 65.2 Å². The maximum Gasteiger partial charge on any atom is 0.255 e. The summed E-state index contributed by atoms with van der Waals surface area (Å²) in [6.45, 7) is 3.65. The zero-order chi connectivity index (χ0) is 13.8. The van der Waals surface area contributed by atoms with E-state index in [4.69, 9.17) is 0 Å². The fourth-order valence-electron chi connectivity index (χ4n) is 1.87. The number of rotatable bonds is 3. The van der Waals surface area contributed by atoms with Crippen LogP contribution in [0.5, 0.6) is 0 Å². The van der Waals surface area contributed by atoms with Crippen LogP contribution in [-0.4, -0.2) is 11.0 Å². The highest BCUT2D eigenvalue weighted by atomic mass is 16.3. The Morgan fingerprint density at radius 3 is 2.58 bits per heavy atom. The van der Waals surface area contributed by atoms with Crippen molar-refractivity contribution >= 4 is 11.6 Å². The molecule has 1 atom stereocenters. The Bertz CT molecular complexity index is 591. The molecule has 2 aromatic rings. The second kappa shape index (κ2) is 5.67. The summed E-state index contributed by atoms with van der Waals surface area (Å²) < 4.78 is 0. The van der Waals surface area contributed by atoms with Gasteiger partial charge in [-0.25, -0.2) is 0 Å². The van der Waals surface area contributed by atoms with Crippen LogP contribution in [0.3, 0.4) is 0 Å². The number of carbonyl (C=O) groups excluding carboxylic acids is 1. The van der Waals surface area contributed by atoms with Crippen molar-refractivity contribution in [3.8, 4) is 0 Å². The normalized spacial score (nSPS) is 11.9. The number of amides is 1. The van der Waals surface area contributed by atoms with Crippen molar-refractivity contribution < 1.29 is 9.90 Å². The molecule has 3 heteroatoms. The molecule has 2 rings (SSSR count). The molecule has 2 aromatic carbocycles. The summed E-state index contributed by atoms with van der Waals surface area (Å²) in [4.78, 5) is 12.1. The Balaban J connectivity index is 2.17. The minimum absolute atomic E-state index is 0.147. The zero-order valence-corrected chi connectivity index (χ0v) is 11.1. The Morgan fingerprint density at radius 2 is 1.89 bits per heavy atom. The van der Waals surface area contributed by atoms with E-state index in [9.17, 15) is 9.90 Å². The lowest BCUT2D eigenvalue weighted by molar-refractivity contribution is 0.102. The molecule has 19 heavy (non-hydrogen) atoms. The van der Waals surface area contributed by atoms with Crippen molar-refractivity contribution in [2.24, 2.45) is 0 Å². The Labute approximate surface area is 112 Å². The van der Waals surface area contributed by atoms with Gasteiger partial charge in [0.2, 0.25) is 0 Å². The number of benzene rings is 2. The van der Waals surface area contributed by atoms with E-state index in [1.165, 1.54) is 0 Å². The minimum Gasteiger partial charge on any atom is -0.389 e. The van der Waals surface area contributed by atoms with E-state index in [0.717, 1.165) is 11.1 Å². The molecule has 0 saturated carbocycles. The van der Waals surface area contributed by atoms with Crippen molar-refractivity contribution in [3.63, 3.8) is 0 Å². The molecular formula is C16H17NO2. The predicted molar refractivity (Wildman–Crippen MR) is 76.2 cm³/mol. The fraction of sp³-hybridized carbons (Fsp3) is 0.188. The molecule has 0 saturated heterocycles. The molecule has 0 fully saturated rings. The maximum absolute atomic E-state index is 12.1. The number of aryl methyl sites for hydroxylation is 1. The Kier molecular flexibility index (Phi) is 3.97. The van der Waals surface area contributed by atoms with Gasteiger partial charge in [0.25, 0.3) is 5.91 Å². The van der Waals surface area contributed by atoms with Gasteiger partial charge in [0.05, 0.1) is 6.10 Å². The number of anilines is 1. The predicted octanol–water partition coefficient (Wildman–Crippen LogP) is 3.30. The maximum atomic E-state index is 12.1. The first kappa shape index (κ1) is 13.3. The van der Waals surface area contributed by atoms with Gasteiger partial charge in [0.15, 0.2) is 0 Å². The van der Waals surface area contributed by atoms with Crippen LogP contribution in [-0.2, 0) is 0 Å². The van der Waals surface area contributed by atoms with Crippen molar-refractivity contribution in [1.29, 1.82) is 0 Å². The summed E-state index contributed by atoms with van der Waals surface area (Å²) in [6.07, 6.45) is -0.546. The molecule has 0 bridgehead atoms. The van der Waals surface area contributed by atoms with Gasteiger partial charge in [-0.1, -0.05) is 29.8 Å². The van der Waals surface area contributed by atoms with Crippen LogP contribution in [0.1, 0.15) is 34.5 Å². The van der Waals surface area contributed by atoms with Crippen LogP contribution in [0.15, 0.2) is 48.5 Å². The molecule has 0 aliphatic carbocycles. The average molecular weight is 255 g/mol. The van der Waals surface area contributed by atoms with Gasteiger partial charge in [0.1, 0.15) is 0 Å². The molecule has 0 aromatic heterocycles. The summed E-state index contributed by atoms with van der Waals surface area (Å²) in [6, 6.07) is 14.6. The molecule has 0 spiro atoms. The van der Waals surface area contributed by atoms with Gasteiger partial charge < -0.3 is 10.4 Å². The van der Waals surface area contributed by atoms with Crippen LogP contribution in [0.2, 0.25) is 0 Å². The SMILES string of the molecule is Cc1cccc(C(=O)Nc2cccc(C(C)O)c2)c1. The minimum atomic E-state index is -0.546. The van der Waals surface area contributed by atoms with E-state index in [2.05, 4.69) is 5.32 Å². The highest BCUT2D eigenvalue weighted by molar-refractivity contribution is 6.04. The van der Waals surface area contributed by atoms with E-state index in [-0.39, 0.29) is 5.91 Å². The summed E-state index contributed by atoms with van der Waals surface area (Å²) >= 11 is 0. The molecule has 2 N–H and O–H groups in total. The van der Waals surface area contributed by atoms with Crippen LogP contribution in [0.25, 0.3) is 0 Å².